The van der Waals surface area contributed by atoms with Crippen molar-refractivity contribution in [3.05, 3.63) is 64.5 Å². The average Bonchev–Trinajstić information content (AvgIpc) is 3.29. The fourth-order valence-corrected chi connectivity index (χ4v) is 3.94. The summed E-state index contributed by atoms with van der Waals surface area (Å²) in [6.45, 7) is 4.39. The molecule has 142 valence electrons. The third-order valence-electron chi connectivity index (χ3n) is 4.91. The molecule has 2 amide bonds. The fourth-order valence-electron chi connectivity index (χ4n) is 3.32. The highest BCUT2D eigenvalue weighted by atomic mass is 32.1. The fraction of sp³-hybridized carbons (Fsp3) is 0.227. The second-order valence-electron chi connectivity index (χ2n) is 7.06. The third kappa shape index (κ3) is 3.82. The maximum atomic E-state index is 12.6. The van der Waals surface area contributed by atoms with Gasteiger partial charge < -0.3 is 10.2 Å². The zero-order valence-corrected chi connectivity index (χ0v) is 16.6. The molecule has 0 bridgehead atoms. The van der Waals surface area contributed by atoms with Gasteiger partial charge in [0.1, 0.15) is 0 Å². The van der Waals surface area contributed by atoms with Crippen LogP contribution in [0.1, 0.15) is 17.0 Å². The first kappa shape index (κ1) is 18.4. The van der Waals surface area contributed by atoms with Crippen LogP contribution in [0.3, 0.4) is 0 Å². The van der Waals surface area contributed by atoms with Crippen molar-refractivity contribution in [2.45, 2.75) is 20.3 Å². The number of amides is 2. The van der Waals surface area contributed by atoms with Crippen LogP contribution in [0.15, 0.2) is 53.9 Å². The highest BCUT2D eigenvalue weighted by Gasteiger charge is 2.35. The first-order chi connectivity index (χ1) is 13.5. The van der Waals surface area contributed by atoms with E-state index < -0.39 is 0 Å². The number of anilines is 2. The molecule has 6 heteroatoms. The number of carbonyl (C=O) groups excluding carboxylic acids is 2. The number of hydrogen-bond acceptors (Lipinski definition) is 4. The first-order valence-electron chi connectivity index (χ1n) is 9.20. The van der Waals surface area contributed by atoms with E-state index in [0.29, 0.717) is 6.54 Å². The van der Waals surface area contributed by atoms with Crippen molar-refractivity contribution in [3.63, 3.8) is 0 Å². The minimum absolute atomic E-state index is 0.0155. The average molecular weight is 391 g/mol. The molecule has 4 rings (SSSR count). The molecule has 0 aliphatic carbocycles. The summed E-state index contributed by atoms with van der Waals surface area (Å²) in [6, 6.07) is 15.4. The predicted octanol–water partition coefficient (Wildman–Crippen LogP) is 4.42. The second-order valence-corrected chi connectivity index (χ2v) is 8.12. The van der Waals surface area contributed by atoms with Crippen LogP contribution in [-0.2, 0) is 9.59 Å². The molecule has 1 aliphatic rings. The summed E-state index contributed by atoms with van der Waals surface area (Å²) in [4.78, 5) is 31.2. The molecule has 28 heavy (non-hydrogen) atoms. The van der Waals surface area contributed by atoms with Crippen LogP contribution in [0.4, 0.5) is 11.4 Å². The normalized spacial score (nSPS) is 16.4. The van der Waals surface area contributed by atoms with E-state index in [1.54, 1.807) is 16.2 Å². The number of nitrogens with zero attached hydrogens (tertiary/aromatic N) is 2. The summed E-state index contributed by atoms with van der Waals surface area (Å²) in [6.07, 6.45) is 0.232. The van der Waals surface area contributed by atoms with Crippen LogP contribution in [0.25, 0.3) is 11.3 Å². The number of hydrogen-bond donors (Lipinski definition) is 1. The van der Waals surface area contributed by atoms with Gasteiger partial charge in [-0.2, -0.15) is 0 Å². The Morgan fingerprint density at radius 3 is 2.46 bits per heavy atom. The molecule has 1 atom stereocenters. The summed E-state index contributed by atoms with van der Waals surface area (Å²) >= 11 is 1.61. The molecule has 1 saturated heterocycles. The predicted molar refractivity (Wildman–Crippen MR) is 113 cm³/mol. The molecule has 0 saturated carbocycles. The molecular weight excluding hydrogens is 370 g/mol. The zero-order chi connectivity index (χ0) is 19.7. The Morgan fingerprint density at radius 1 is 1.11 bits per heavy atom. The lowest BCUT2D eigenvalue weighted by molar-refractivity contribution is -0.122. The third-order valence-corrected chi connectivity index (χ3v) is 5.68. The van der Waals surface area contributed by atoms with Crippen molar-refractivity contribution in [2.75, 3.05) is 16.8 Å². The Balaban J connectivity index is 1.41. The van der Waals surface area contributed by atoms with Crippen molar-refractivity contribution in [2.24, 2.45) is 5.92 Å². The maximum absolute atomic E-state index is 12.6. The van der Waals surface area contributed by atoms with Gasteiger partial charge in [-0.05, 0) is 38.1 Å². The molecule has 2 aromatic carbocycles. The van der Waals surface area contributed by atoms with Crippen LogP contribution in [-0.4, -0.2) is 23.3 Å². The first-order valence-corrected chi connectivity index (χ1v) is 10.1. The molecule has 1 N–H and O–H groups in total. The lowest BCUT2D eigenvalue weighted by Crippen LogP contribution is -2.28. The summed E-state index contributed by atoms with van der Waals surface area (Å²) in [7, 11) is 0. The summed E-state index contributed by atoms with van der Waals surface area (Å²) in [5.41, 5.74) is 4.66. The van der Waals surface area contributed by atoms with Gasteiger partial charge in [0.2, 0.25) is 11.8 Å². The standard InChI is InChI=1S/C22H21N3O2S/c1-14-3-9-19(10-4-14)25-12-17(11-21(25)26)22(27)24-18-7-5-16(6-8-18)20-13-28-15(2)23-20/h3-10,13,17H,11-12H2,1-2H3,(H,24,27). The maximum Gasteiger partial charge on any atom is 0.229 e. The minimum atomic E-state index is -0.352. The molecule has 0 radical (unpaired) electrons. The van der Waals surface area contributed by atoms with Crippen LogP contribution >= 0.6 is 11.3 Å². The molecule has 1 fully saturated rings. The van der Waals surface area contributed by atoms with Gasteiger partial charge in [0.05, 0.1) is 16.6 Å². The topological polar surface area (TPSA) is 62.3 Å². The molecule has 5 nitrogen and oxygen atoms in total. The Labute approximate surface area is 168 Å². The van der Waals surface area contributed by atoms with E-state index in [1.165, 1.54) is 0 Å². The number of aryl methyl sites for hydroxylation is 2. The van der Waals surface area contributed by atoms with Crippen molar-refractivity contribution >= 4 is 34.5 Å². The van der Waals surface area contributed by atoms with Crippen LogP contribution < -0.4 is 10.2 Å². The summed E-state index contributed by atoms with van der Waals surface area (Å²) in [5, 5.41) is 5.98. The Hall–Kier alpha value is -2.99. The van der Waals surface area contributed by atoms with E-state index in [9.17, 15) is 9.59 Å². The van der Waals surface area contributed by atoms with Crippen molar-refractivity contribution in [1.29, 1.82) is 0 Å². The zero-order valence-electron chi connectivity index (χ0n) is 15.8. The van der Waals surface area contributed by atoms with Gasteiger partial charge in [0.25, 0.3) is 0 Å². The molecular formula is C22H21N3O2S. The van der Waals surface area contributed by atoms with Crippen molar-refractivity contribution < 1.29 is 9.59 Å². The van der Waals surface area contributed by atoms with Crippen LogP contribution in [0, 0.1) is 19.8 Å². The molecule has 1 aliphatic heterocycles. The van der Waals surface area contributed by atoms with Crippen LogP contribution in [0.2, 0.25) is 0 Å². The van der Waals surface area contributed by atoms with Gasteiger partial charge in [-0.25, -0.2) is 4.98 Å². The number of nitrogens with one attached hydrogen (secondary N) is 1. The number of aromatic nitrogens is 1. The minimum Gasteiger partial charge on any atom is -0.326 e. The van der Waals surface area contributed by atoms with Gasteiger partial charge in [-0.15, -0.1) is 11.3 Å². The smallest absolute Gasteiger partial charge is 0.229 e. The van der Waals surface area contributed by atoms with E-state index >= 15 is 0 Å². The largest absolute Gasteiger partial charge is 0.326 e. The molecule has 2 heterocycles. The van der Waals surface area contributed by atoms with Gasteiger partial charge in [0, 0.05) is 35.3 Å². The highest BCUT2D eigenvalue weighted by Crippen LogP contribution is 2.27. The van der Waals surface area contributed by atoms with E-state index in [4.69, 9.17) is 0 Å². The van der Waals surface area contributed by atoms with Gasteiger partial charge in [-0.1, -0.05) is 29.8 Å². The molecule has 1 unspecified atom stereocenters. The lowest BCUT2D eigenvalue weighted by Gasteiger charge is -2.17. The van der Waals surface area contributed by atoms with Gasteiger partial charge >= 0.3 is 0 Å². The van der Waals surface area contributed by atoms with E-state index in [1.807, 2.05) is 67.8 Å². The Kier molecular flexibility index (Phi) is 4.96. The number of thiazole rings is 1. The van der Waals surface area contributed by atoms with Gasteiger partial charge in [-0.3, -0.25) is 9.59 Å². The van der Waals surface area contributed by atoms with E-state index in [-0.39, 0.29) is 24.2 Å². The van der Waals surface area contributed by atoms with Crippen molar-refractivity contribution in [3.8, 4) is 11.3 Å². The lowest BCUT2D eigenvalue weighted by atomic mass is 10.1. The Morgan fingerprint density at radius 2 is 1.82 bits per heavy atom. The highest BCUT2D eigenvalue weighted by molar-refractivity contribution is 7.09. The SMILES string of the molecule is Cc1ccc(N2CC(C(=O)Nc3ccc(-c4csc(C)n4)cc3)CC2=O)cc1. The van der Waals surface area contributed by atoms with Crippen molar-refractivity contribution in [1.82, 2.24) is 4.98 Å². The Bertz CT molecular complexity index is 1010. The van der Waals surface area contributed by atoms with E-state index in [0.717, 1.165) is 33.2 Å². The number of rotatable bonds is 4. The number of carbonyl (C=O) groups is 2. The molecule has 1 aromatic heterocycles. The van der Waals surface area contributed by atoms with Gasteiger partial charge in [0.15, 0.2) is 0 Å². The molecule has 0 spiro atoms. The number of benzene rings is 2. The summed E-state index contributed by atoms with van der Waals surface area (Å²) < 4.78 is 0. The van der Waals surface area contributed by atoms with E-state index in [2.05, 4.69) is 10.3 Å². The second kappa shape index (κ2) is 7.56. The van der Waals surface area contributed by atoms with Crippen LogP contribution in [0.5, 0.6) is 0 Å². The monoisotopic (exact) mass is 391 g/mol. The summed E-state index contributed by atoms with van der Waals surface area (Å²) in [5.74, 6) is -0.492. The quantitative estimate of drug-likeness (QED) is 0.716. The molecule has 3 aromatic rings.